The quantitative estimate of drug-likeness (QED) is 0.805. The summed E-state index contributed by atoms with van der Waals surface area (Å²) in [4.78, 5) is 12.0. The van der Waals surface area contributed by atoms with Crippen LogP contribution >= 0.6 is 31.9 Å². The van der Waals surface area contributed by atoms with Crippen LogP contribution in [0.1, 0.15) is 10.4 Å². The molecule has 0 aromatic heterocycles. The number of amides is 1. The first-order valence-electron chi connectivity index (χ1n) is 5.23. The van der Waals surface area contributed by atoms with E-state index >= 15 is 0 Å². The van der Waals surface area contributed by atoms with Gasteiger partial charge in [0, 0.05) is 8.95 Å². The molecule has 0 saturated carbocycles. The highest BCUT2D eigenvalue weighted by Gasteiger charge is 2.15. The zero-order valence-electron chi connectivity index (χ0n) is 9.45. The Hall–Kier alpha value is -1.40. The van der Waals surface area contributed by atoms with Crippen molar-refractivity contribution in [1.29, 1.82) is 0 Å². The molecule has 0 heterocycles. The maximum atomic E-state index is 13.6. The maximum Gasteiger partial charge on any atom is 0.259 e. The lowest BCUT2D eigenvalue weighted by Gasteiger charge is -2.09. The fourth-order valence-corrected chi connectivity index (χ4v) is 2.29. The standard InChI is InChI=1S/C13H8Br2FNO2/c14-7-4-5-11(18)8(6-7)13(19)17-12-9(15)2-1-3-10(12)16/h1-6,18H,(H,17,19). The first kappa shape index (κ1) is 14.0. The third-order valence-electron chi connectivity index (χ3n) is 2.40. The van der Waals surface area contributed by atoms with Gasteiger partial charge in [-0.2, -0.15) is 0 Å². The van der Waals surface area contributed by atoms with E-state index in [1.807, 2.05) is 0 Å². The van der Waals surface area contributed by atoms with Gasteiger partial charge in [-0.1, -0.05) is 22.0 Å². The average molecular weight is 389 g/mol. The van der Waals surface area contributed by atoms with E-state index in [1.165, 1.54) is 24.3 Å². The van der Waals surface area contributed by atoms with Gasteiger partial charge in [-0.15, -0.1) is 0 Å². The Morgan fingerprint density at radius 1 is 1.21 bits per heavy atom. The molecule has 0 saturated heterocycles. The van der Waals surface area contributed by atoms with Crippen LogP contribution in [-0.4, -0.2) is 11.0 Å². The fourth-order valence-electron chi connectivity index (χ4n) is 1.49. The van der Waals surface area contributed by atoms with Crippen LogP contribution in [0.2, 0.25) is 0 Å². The van der Waals surface area contributed by atoms with Crippen LogP contribution in [-0.2, 0) is 0 Å². The number of rotatable bonds is 2. The number of hydrogen-bond acceptors (Lipinski definition) is 2. The molecule has 0 spiro atoms. The minimum Gasteiger partial charge on any atom is -0.507 e. The van der Waals surface area contributed by atoms with Crippen molar-refractivity contribution in [3.8, 4) is 5.75 Å². The van der Waals surface area contributed by atoms with Gasteiger partial charge in [0.2, 0.25) is 0 Å². The average Bonchev–Trinajstić information content (AvgIpc) is 2.37. The molecule has 0 fully saturated rings. The highest BCUT2D eigenvalue weighted by Crippen LogP contribution is 2.28. The molecule has 1 amide bonds. The van der Waals surface area contributed by atoms with E-state index in [2.05, 4.69) is 37.2 Å². The van der Waals surface area contributed by atoms with Gasteiger partial charge in [0.15, 0.2) is 0 Å². The summed E-state index contributed by atoms with van der Waals surface area (Å²) >= 11 is 6.36. The third kappa shape index (κ3) is 3.13. The van der Waals surface area contributed by atoms with E-state index in [0.29, 0.717) is 8.95 Å². The van der Waals surface area contributed by atoms with Crippen molar-refractivity contribution in [1.82, 2.24) is 0 Å². The highest BCUT2D eigenvalue weighted by atomic mass is 79.9. The number of phenolic OH excluding ortho intramolecular Hbond substituents is 1. The summed E-state index contributed by atoms with van der Waals surface area (Å²) in [5.74, 6) is -1.32. The second kappa shape index (κ2) is 5.71. The van der Waals surface area contributed by atoms with Crippen LogP contribution in [0.5, 0.6) is 5.75 Å². The van der Waals surface area contributed by atoms with E-state index in [0.717, 1.165) is 0 Å². The van der Waals surface area contributed by atoms with E-state index in [1.54, 1.807) is 12.1 Å². The largest absolute Gasteiger partial charge is 0.507 e. The summed E-state index contributed by atoms with van der Waals surface area (Å²) in [5, 5.41) is 12.1. The van der Waals surface area contributed by atoms with Crippen LogP contribution in [0.4, 0.5) is 10.1 Å². The summed E-state index contributed by atoms with van der Waals surface area (Å²) in [6.07, 6.45) is 0. The minimum absolute atomic E-state index is 0.0341. The predicted octanol–water partition coefficient (Wildman–Crippen LogP) is 4.31. The molecule has 2 aromatic rings. The molecule has 3 nitrogen and oxygen atoms in total. The van der Waals surface area contributed by atoms with Gasteiger partial charge in [0.1, 0.15) is 11.6 Å². The first-order valence-corrected chi connectivity index (χ1v) is 6.81. The normalized spacial score (nSPS) is 10.3. The van der Waals surface area contributed by atoms with Crippen molar-refractivity contribution in [3.63, 3.8) is 0 Å². The molecule has 0 unspecified atom stereocenters. The number of phenols is 1. The monoisotopic (exact) mass is 387 g/mol. The van der Waals surface area contributed by atoms with E-state index in [4.69, 9.17) is 0 Å². The zero-order valence-corrected chi connectivity index (χ0v) is 12.6. The van der Waals surface area contributed by atoms with Crippen molar-refractivity contribution in [3.05, 3.63) is 56.7 Å². The number of nitrogens with one attached hydrogen (secondary N) is 1. The lowest BCUT2D eigenvalue weighted by Crippen LogP contribution is -2.13. The highest BCUT2D eigenvalue weighted by molar-refractivity contribution is 9.10. The van der Waals surface area contributed by atoms with Crippen LogP contribution in [0.3, 0.4) is 0 Å². The van der Waals surface area contributed by atoms with Gasteiger partial charge >= 0.3 is 0 Å². The summed E-state index contributed by atoms with van der Waals surface area (Å²) in [6.45, 7) is 0. The van der Waals surface area contributed by atoms with Crippen LogP contribution in [0.25, 0.3) is 0 Å². The SMILES string of the molecule is O=C(Nc1c(F)cccc1Br)c1cc(Br)ccc1O. The van der Waals surface area contributed by atoms with E-state index < -0.39 is 11.7 Å². The molecule has 0 radical (unpaired) electrons. The molecule has 2 aromatic carbocycles. The van der Waals surface area contributed by atoms with Crippen molar-refractivity contribution < 1.29 is 14.3 Å². The second-order valence-corrected chi connectivity index (χ2v) is 5.48. The summed E-state index contributed by atoms with van der Waals surface area (Å²) in [5.41, 5.74) is 0.0939. The minimum atomic E-state index is -0.593. The fraction of sp³-hybridized carbons (Fsp3) is 0. The van der Waals surface area contributed by atoms with Crippen LogP contribution in [0.15, 0.2) is 45.3 Å². The topological polar surface area (TPSA) is 49.3 Å². The zero-order chi connectivity index (χ0) is 14.0. The second-order valence-electron chi connectivity index (χ2n) is 3.71. The van der Waals surface area contributed by atoms with Crippen molar-refractivity contribution in [2.75, 3.05) is 5.32 Å². The number of carbonyl (C=O) groups excluding carboxylic acids is 1. The van der Waals surface area contributed by atoms with Gasteiger partial charge in [-0.3, -0.25) is 4.79 Å². The molecule has 19 heavy (non-hydrogen) atoms. The number of halogens is 3. The number of aromatic hydroxyl groups is 1. The van der Waals surface area contributed by atoms with Crippen molar-refractivity contribution >= 4 is 43.5 Å². The van der Waals surface area contributed by atoms with E-state index in [9.17, 15) is 14.3 Å². The lowest BCUT2D eigenvalue weighted by atomic mass is 10.2. The smallest absolute Gasteiger partial charge is 0.259 e. The third-order valence-corrected chi connectivity index (χ3v) is 3.56. The molecule has 2 rings (SSSR count). The molecule has 0 aliphatic heterocycles. The van der Waals surface area contributed by atoms with Crippen LogP contribution < -0.4 is 5.32 Å². The van der Waals surface area contributed by atoms with E-state index in [-0.39, 0.29) is 17.0 Å². The number of carbonyl (C=O) groups is 1. The Kier molecular flexibility index (Phi) is 4.21. The Bertz CT molecular complexity index is 626. The summed E-state index contributed by atoms with van der Waals surface area (Å²) < 4.78 is 14.7. The van der Waals surface area contributed by atoms with Crippen molar-refractivity contribution in [2.24, 2.45) is 0 Å². The molecule has 98 valence electrons. The molecule has 0 bridgehead atoms. The molecule has 0 atom stereocenters. The Balaban J connectivity index is 2.34. The molecular weight excluding hydrogens is 381 g/mol. The number of anilines is 1. The molecule has 0 aliphatic carbocycles. The Labute approximate surface area is 125 Å². The molecule has 0 aliphatic rings. The number of hydrogen-bond donors (Lipinski definition) is 2. The van der Waals surface area contributed by atoms with Gasteiger partial charge in [-0.25, -0.2) is 4.39 Å². The van der Waals surface area contributed by atoms with Gasteiger partial charge in [0.05, 0.1) is 11.3 Å². The predicted molar refractivity (Wildman–Crippen MR) is 77.9 cm³/mol. The first-order chi connectivity index (χ1) is 8.99. The summed E-state index contributed by atoms with van der Waals surface area (Å²) in [7, 11) is 0. The number of para-hydroxylation sites is 1. The van der Waals surface area contributed by atoms with Gasteiger partial charge in [0.25, 0.3) is 5.91 Å². The Morgan fingerprint density at radius 3 is 2.63 bits per heavy atom. The van der Waals surface area contributed by atoms with Crippen LogP contribution in [0, 0.1) is 5.82 Å². The van der Waals surface area contributed by atoms with Gasteiger partial charge in [-0.05, 0) is 46.3 Å². The van der Waals surface area contributed by atoms with Crippen molar-refractivity contribution in [2.45, 2.75) is 0 Å². The molecular formula is C13H8Br2FNO2. The number of benzene rings is 2. The lowest BCUT2D eigenvalue weighted by molar-refractivity contribution is 0.102. The van der Waals surface area contributed by atoms with Gasteiger partial charge < -0.3 is 10.4 Å². The molecule has 2 N–H and O–H groups in total. The maximum absolute atomic E-state index is 13.6. The summed E-state index contributed by atoms with van der Waals surface area (Å²) in [6, 6.07) is 8.81. The molecule has 6 heteroatoms. The Morgan fingerprint density at radius 2 is 1.95 bits per heavy atom.